The van der Waals surface area contributed by atoms with Crippen LogP contribution in [0.3, 0.4) is 0 Å². The normalized spacial score (nSPS) is 11.3. The van der Waals surface area contributed by atoms with Crippen LogP contribution >= 0.6 is 0 Å². The van der Waals surface area contributed by atoms with Gasteiger partial charge in [-0.05, 0) is 37.1 Å². The Kier molecular flexibility index (Phi) is 4.04. The number of halogens is 3. The molecule has 0 fully saturated rings. The second-order valence-corrected chi connectivity index (χ2v) is 4.85. The molecule has 0 N–H and O–H groups in total. The summed E-state index contributed by atoms with van der Waals surface area (Å²) in [6, 6.07) is 6.32. The van der Waals surface area contributed by atoms with Crippen molar-refractivity contribution < 1.29 is 13.2 Å². The fourth-order valence-corrected chi connectivity index (χ4v) is 1.98. The molecule has 1 aromatic heterocycles. The maximum Gasteiger partial charge on any atom is 0.416 e. The molecule has 0 unspecified atom stereocenters. The van der Waals surface area contributed by atoms with E-state index in [0.29, 0.717) is 16.8 Å². The van der Waals surface area contributed by atoms with E-state index < -0.39 is 17.3 Å². The summed E-state index contributed by atoms with van der Waals surface area (Å²) in [4.78, 5) is 12.1. The number of aromatic nitrogens is 2. The molecule has 0 bridgehead atoms. The molecule has 4 nitrogen and oxygen atoms in total. The quantitative estimate of drug-likeness (QED) is 0.857. The topological polar surface area (TPSA) is 58.7 Å². The van der Waals surface area contributed by atoms with Gasteiger partial charge < -0.3 is 0 Å². The molecule has 1 aromatic carbocycles. The predicted octanol–water partition coefficient (Wildman–Crippen LogP) is 2.80. The van der Waals surface area contributed by atoms with Crippen LogP contribution in [-0.2, 0) is 12.7 Å². The number of aryl methyl sites for hydroxylation is 1. The number of rotatable bonds is 2. The first-order valence-corrected chi connectivity index (χ1v) is 6.38. The fourth-order valence-electron chi connectivity index (χ4n) is 1.98. The van der Waals surface area contributed by atoms with Gasteiger partial charge in [0.2, 0.25) is 0 Å². The highest BCUT2D eigenvalue weighted by molar-refractivity contribution is 5.36. The Morgan fingerprint density at radius 3 is 2.32 bits per heavy atom. The zero-order chi connectivity index (χ0) is 16.5. The van der Waals surface area contributed by atoms with Crippen LogP contribution < -0.4 is 5.56 Å². The lowest BCUT2D eigenvalue weighted by Crippen LogP contribution is -2.28. The molecular formula is C15H12F3N3O. The summed E-state index contributed by atoms with van der Waals surface area (Å²) < 4.78 is 38.6. The van der Waals surface area contributed by atoms with Crippen LogP contribution in [0.1, 0.15) is 27.9 Å². The molecule has 114 valence electrons. The standard InChI is InChI=1S/C15H12F3N3O/c1-9-10(2)20-21(14(22)13(9)7-19)8-11-3-5-12(6-4-11)15(16,17)18/h3-6H,8H2,1-2H3. The van der Waals surface area contributed by atoms with Crippen molar-refractivity contribution in [1.29, 1.82) is 5.26 Å². The van der Waals surface area contributed by atoms with Crippen molar-refractivity contribution in [2.24, 2.45) is 0 Å². The van der Waals surface area contributed by atoms with E-state index >= 15 is 0 Å². The van der Waals surface area contributed by atoms with Crippen molar-refractivity contribution in [3.8, 4) is 6.07 Å². The van der Waals surface area contributed by atoms with Gasteiger partial charge in [0, 0.05) is 0 Å². The van der Waals surface area contributed by atoms with Gasteiger partial charge in [-0.3, -0.25) is 4.79 Å². The lowest BCUT2D eigenvalue weighted by atomic mass is 10.1. The largest absolute Gasteiger partial charge is 0.416 e. The van der Waals surface area contributed by atoms with Crippen LogP contribution in [0.25, 0.3) is 0 Å². The van der Waals surface area contributed by atoms with Crippen LogP contribution in [0.5, 0.6) is 0 Å². The Balaban J connectivity index is 2.38. The van der Waals surface area contributed by atoms with E-state index in [-0.39, 0.29) is 12.1 Å². The molecule has 0 aliphatic heterocycles. The molecule has 0 aliphatic carbocycles. The molecule has 1 heterocycles. The second-order valence-electron chi connectivity index (χ2n) is 4.85. The van der Waals surface area contributed by atoms with Gasteiger partial charge in [-0.1, -0.05) is 12.1 Å². The summed E-state index contributed by atoms with van der Waals surface area (Å²) in [5.41, 5.74) is 0.230. The van der Waals surface area contributed by atoms with Crippen LogP contribution in [0.4, 0.5) is 13.2 Å². The Bertz CT molecular complexity index is 799. The second kappa shape index (κ2) is 5.64. The van der Waals surface area contributed by atoms with Gasteiger partial charge in [-0.15, -0.1) is 0 Å². The van der Waals surface area contributed by atoms with Crippen molar-refractivity contribution in [3.05, 3.63) is 62.6 Å². The Morgan fingerprint density at radius 2 is 1.82 bits per heavy atom. The van der Waals surface area contributed by atoms with E-state index in [4.69, 9.17) is 5.26 Å². The van der Waals surface area contributed by atoms with Crippen molar-refractivity contribution in [2.75, 3.05) is 0 Å². The van der Waals surface area contributed by atoms with Crippen LogP contribution in [0.15, 0.2) is 29.1 Å². The minimum atomic E-state index is -4.40. The number of benzene rings is 1. The highest BCUT2D eigenvalue weighted by atomic mass is 19.4. The molecule has 0 aliphatic rings. The number of alkyl halides is 3. The van der Waals surface area contributed by atoms with E-state index in [1.807, 2.05) is 6.07 Å². The van der Waals surface area contributed by atoms with Crippen LogP contribution in [-0.4, -0.2) is 9.78 Å². The summed E-state index contributed by atoms with van der Waals surface area (Å²) >= 11 is 0. The molecule has 0 saturated carbocycles. The number of hydrogen-bond acceptors (Lipinski definition) is 3. The first-order valence-electron chi connectivity index (χ1n) is 6.38. The SMILES string of the molecule is Cc1nn(Cc2ccc(C(F)(F)F)cc2)c(=O)c(C#N)c1C. The van der Waals surface area contributed by atoms with Crippen molar-refractivity contribution in [2.45, 2.75) is 26.6 Å². The number of nitriles is 1. The summed E-state index contributed by atoms with van der Waals surface area (Å²) in [6.45, 7) is 3.30. The molecule has 7 heteroatoms. The van der Waals surface area contributed by atoms with E-state index in [1.165, 1.54) is 12.1 Å². The van der Waals surface area contributed by atoms with E-state index in [1.54, 1.807) is 13.8 Å². The number of nitrogens with zero attached hydrogens (tertiary/aromatic N) is 3. The molecule has 0 saturated heterocycles. The number of hydrogen-bond donors (Lipinski definition) is 0. The molecular weight excluding hydrogens is 295 g/mol. The van der Waals surface area contributed by atoms with Gasteiger partial charge in [0.1, 0.15) is 11.6 Å². The summed E-state index contributed by atoms with van der Waals surface area (Å²) in [5.74, 6) is 0. The lowest BCUT2D eigenvalue weighted by molar-refractivity contribution is -0.137. The maximum absolute atomic E-state index is 12.5. The monoisotopic (exact) mass is 307 g/mol. The van der Waals surface area contributed by atoms with Crippen LogP contribution in [0, 0.1) is 25.2 Å². The predicted molar refractivity (Wildman–Crippen MR) is 73.2 cm³/mol. The van der Waals surface area contributed by atoms with Crippen molar-refractivity contribution >= 4 is 0 Å². The third-order valence-electron chi connectivity index (χ3n) is 3.36. The third-order valence-corrected chi connectivity index (χ3v) is 3.36. The highest BCUT2D eigenvalue weighted by Gasteiger charge is 2.29. The van der Waals surface area contributed by atoms with Gasteiger partial charge in [0.15, 0.2) is 0 Å². The third kappa shape index (κ3) is 3.01. The van der Waals surface area contributed by atoms with E-state index in [2.05, 4.69) is 5.10 Å². The minimum Gasteiger partial charge on any atom is -0.266 e. The first kappa shape index (κ1) is 15.8. The van der Waals surface area contributed by atoms with E-state index in [9.17, 15) is 18.0 Å². The van der Waals surface area contributed by atoms with Gasteiger partial charge in [-0.2, -0.15) is 23.5 Å². The molecule has 0 atom stereocenters. The van der Waals surface area contributed by atoms with Crippen molar-refractivity contribution in [3.63, 3.8) is 0 Å². The molecule has 22 heavy (non-hydrogen) atoms. The minimum absolute atomic E-state index is 0.000545. The molecule has 0 spiro atoms. The zero-order valence-corrected chi connectivity index (χ0v) is 11.9. The van der Waals surface area contributed by atoms with E-state index in [0.717, 1.165) is 16.8 Å². The van der Waals surface area contributed by atoms with Crippen LogP contribution in [0.2, 0.25) is 0 Å². The zero-order valence-electron chi connectivity index (χ0n) is 11.9. The summed E-state index contributed by atoms with van der Waals surface area (Å²) in [5, 5.41) is 13.1. The van der Waals surface area contributed by atoms with Crippen molar-refractivity contribution in [1.82, 2.24) is 9.78 Å². The van der Waals surface area contributed by atoms with Gasteiger partial charge in [0.25, 0.3) is 5.56 Å². The summed E-state index contributed by atoms with van der Waals surface area (Å²) in [6.07, 6.45) is -4.40. The molecule has 2 rings (SSSR count). The molecule has 0 amide bonds. The fraction of sp³-hybridized carbons (Fsp3) is 0.267. The Morgan fingerprint density at radius 1 is 1.23 bits per heavy atom. The Hall–Kier alpha value is -2.62. The Labute approximate surface area is 124 Å². The lowest BCUT2D eigenvalue weighted by Gasteiger charge is -2.10. The highest BCUT2D eigenvalue weighted by Crippen LogP contribution is 2.29. The van der Waals surface area contributed by atoms with Gasteiger partial charge >= 0.3 is 6.18 Å². The smallest absolute Gasteiger partial charge is 0.266 e. The van der Waals surface area contributed by atoms with Gasteiger partial charge in [0.05, 0.1) is 17.8 Å². The average molecular weight is 307 g/mol. The summed E-state index contributed by atoms with van der Waals surface area (Å²) in [7, 11) is 0. The average Bonchev–Trinajstić information content (AvgIpc) is 2.45. The first-order chi connectivity index (χ1) is 10.2. The molecule has 2 aromatic rings. The maximum atomic E-state index is 12.5. The molecule has 0 radical (unpaired) electrons. The van der Waals surface area contributed by atoms with Gasteiger partial charge in [-0.25, -0.2) is 4.68 Å².